The second kappa shape index (κ2) is 8.36. The zero-order valence-corrected chi connectivity index (χ0v) is 17.7. The summed E-state index contributed by atoms with van der Waals surface area (Å²) in [6.07, 6.45) is 3.80. The van der Waals surface area contributed by atoms with E-state index in [-0.39, 0.29) is 23.8 Å². The van der Waals surface area contributed by atoms with Crippen LogP contribution in [-0.4, -0.2) is 72.5 Å². The smallest absolute Gasteiger partial charge is 0.268 e. The van der Waals surface area contributed by atoms with Crippen LogP contribution in [0.5, 0.6) is 11.5 Å². The molecule has 5 rings (SSSR count). The average Bonchev–Trinajstić information content (AvgIpc) is 3.28. The van der Waals surface area contributed by atoms with E-state index in [4.69, 9.17) is 14.2 Å². The highest BCUT2D eigenvalue weighted by atomic mass is 16.7. The van der Waals surface area contributed by atoms with Crippen molar-refractivity contribution in [1.29, 1.82) is 0 Å². The highest BCUT2D eigenvalue weighted by Gasteiger charge is 2.29. The van der Waals surface area contributed by atoms with Gasteiger partial charge in [-0.15, -0.1) is 0 Å². The van der Waals surface area contributed by atoms with E-state index in [0.29, 0.717) is 41.9 Å². The van der Waals surface area contributed by atoms with Crippen LogP contribution in [0.3, 0.4) is 0 Å². The number of benzene rings is 1. The van der Waals surface area contributed by atoms with Crippen molar-refractivity contribution in [3.05, 3.63) is 51.9 Å². The van der Waals surface area contributed by atoms with Gasteiger partial charge in [-0.05, 0) is 43.5 Å². The lowest BCUT2D eigenvalue weighted by molar-refractivity contribution is 0.0137. The van der Waals surface area contributed by atoms with Crippen molar-refractivity contribution in [2.24, 2.45) is 0 Å². The van der Waals surface area contributed by atoms with Gasteiger partial charge in [0.25, 0.3) is 11.5 Å². The van der Waals surface area contributed by atoms with Gasteiger partial charge in [0.05, 0.1) is 5.69 Å². The molecule has 2 aromatic rings. The first-order chi connectivity index (χ1) is 15.1. The topological polar surface area (TPSA) is 73.2 Å². The maximum atomic E-state index is 13.3. The number of rotatable bonds is 3. The maximum absolute atomic E-state index is 13.3. The SMILES string of the molecule is Cc1ccn(-c2ccc3c(c2)OCO3)c(=O)c1C(=O)N1CCN(C2CCOCC2)CC1. The zero-order chi connectivity index (χ0) is 21.4. The van der Waals surface area contributed by atoms with E-state index in [0.717, 1.165) is 39.1 Å². The van der Waals surface area contributed by atoms with Gasteiger partial charge in [-0.25, -0.2) is 0 Å². The van der Waals surface area contributed by atoms with Crippen molar-refractivity contribution in [3.63, 3.8) is 0 Å². The summed E-state index contributed by atoms with van der Waals surface area (Å²) in [5, 5.41) is 0. The second-order valence-corrected chi connectivity index (χ2v) is 8.26. The summed E-state index contributed by atoms with van der Waals surface area (Å²) in [7, 11) is 0. The summed E-state index contributed by atoms with van der Waals surface area (Å²) >= 11 is 0. The molecule has 8 nitrogen and oxygen atoms in total. The normalized spacial score (nSPS) is 19.6. The van der Waals surface area contributed by atoms with E-state index < -0.39 is 0 Å². The molecule has 3 aliphatic rings. The van der Waals surface area contributed by atoms with Gasteiger partial charge >= 0.3 is 0 Å². The molecular weight excluding hydrogens is 398 g/mol. The molecule has 3 aliphatic heterocycles. The number of pyridine rings is 1. The van der Waals surface area contributed by atoms with Crippen molar-refractivity contribution in [3.8, 4) is 17.2 Å². The Bertz CT molecular complexity index is 1040. The van der Waals surface area contributed by atoms with Gasteiger partial charge in [0.15, 0.2) is 11.5 Å². The Labute approximate surface area is 180 Å². The number of fused-ring (bicyclic) bond motifs is 1. The Morgan fingerprint density at radius 2 is 1.74 bits per heavy atom. The van der Waals surface area contributed by atoms with Crippen LogP contribution in [0.15, 0.2) is 35.3 Å². The Morgan fingerprint density at radius 1 is 1.00 bits per heavy atom. The molecule has 1 aromatic carbocycles. The first-order valence-electron chi connectivity index (χ1n) is 10.8. The van der Waals surface area contributed by atoms with Gasteiger partial charge < -0.3 is 19.1 Å². The standard InChI is InChI=1S/C23H27N3O5/c1-16-4-7-26(18-2-3-19-20(14-18)31-15-30-19)23(28)21(16)22(27)25-10-8-24(9-11-25)17-5-12-29-13-6-17/h2-4,7,14,17H,5-6,8-13,15H2,1H3. The molecule has 8 heteroatoms. The van der Waals surface area contributed by atoms with Crippen LogP contribution in [-0.2, 0) is 4.74 Å². The lowest BCUT2D eigenvalue weighted by Gasteiger charge is -2.40. The molecule has 0 bridgehead atoms. The molecule has 0 atom stereocenters. The molecular formula is C23H27N3O5. The highest BCUT2D eigenvalue weighted by Crippen LogP contribution is 2.33. The number of ether oxygens (including phenoxy) is 3. The Kier molecular flexibility index (Phi) is 5.41. The monoisotopic (exact) mass is 425 g/mol. The highest BCUT2D eigenvalue weighted by molar-refractivity contribution is 5.95. The predicted octanol–water partition coefficient (Wildman–Crippen LogP) is 1.81. The molecule has 2 fully saturated rings. The van der Waals surface area contributed by atoms with Crippen LogP contribution < -0.4 is 15.0 Å². The van der Waals surface area contributed by atoms with E-state index in [1.807, 2.05) is 17.9 Å². The largest absolute Gasteiger partial charge is 0.454 e. The minimum absolute atomic E-state index is 0.172. The molecule has 4 heterocycles. The van der Waals surface area contributed by atoms with Crippen molar-refractivity contribution in [1.82, 2.24) is 14.4 Å². The number of carbonyl (C=O) groups is 1. The van der Waals surface area contributed by atoms with Gasteiger partial charge in [0.1, 0.15) is 5.56 Å². The fourth-order valence-electron chi connectivity index (χ4n) is 4.62. The van der Waals surface area contributed by atoms with Gasteiger partial charge in [-0.1, -0.05) is 0 Å². The molecule has 1 amide bonds. The summed E-state index contributed by atoms with van der Waals surface area (Å²) in [6, 6.07) is 7.69. The van der Waals surface area contributed by atoms with Gasteiger partial charge in [-0.2, -0.15) is 0 Å². The van der Waals surface area contributed by atoms with Gasteiger partial charge in [0, 0.05) is 57.7 Å². The van der Waals surface area contributed by atoms with E-state index in [9.17, 15) is 9.59 Å². The molecule has 1 aromatic heterocycles. The number of hydrogen-bond acceptors (Lipinski definition) is 6. The number of piperazine rings is 1. The summed E-state index contributed by atoms with van der Waals surface area (Å²) in [6.45, 7) is 6.54. The summed E-state index contributed by atoms with van der Waals surface area (Å²) in [5.74, 6) is 1.06. The predicted molar refractivity (Wildman–Crippen MR) is 114 cm³/mol. The third-order valence-electron chi connectivity index (χ3n) is 6.46. The summed E-state index contributed by atoms with van der Waals surface area (Å²) in [5.41, 5.74) is 1.27. The van der Waals surface area contributed by atoms with Crippen molar-refractivity contribution in [2.45, 2.75) is 25.8 Å². The third-order valence-corrected chi connectivity index (χ3v) is 6.46. The van der Waals surface area contributed by atoms with Crippen molar-refractivity contribution in [2.75, 3.05) is 46.2 Å². The van der Waals surface area contributed by atoms with Crippen LogP contribution in [0, 0.1) is 6.92 Å². The quantitative estimate of drug-likeness (QED) is 0.747. The minimum atomic E-state index is -0.310. The molecule has 0 N–H and O–H groups in total. The Morgan fingerprint density at radius 3 is 2.52 bits per heavy atom. The third kappa shape index (κ3) is 3.81. The number of hydrogen-bond donors (Lipinski definition) is 0. The summed E-state index contributed by atoms with van der Waals surface area (Å²) in [4.78, 5) is 30.9. The molecule has 0 aliphatic carbocycles. The van der Waals surface area contributed by atoms with Crippen molar-refractivity contribution < 1.29 is 19.0 Å². The number of aryl methyl sites for hydroxylation is 1. The molecule has 0 unspecified atom stereocenters. The molecule has 164 valence electrons. The number of carbonyl (C=O) groups excluding carboxylic acids is 1. The van der Waals surface area contributed by atoms with Crippen LogP contribution in [0.2, 0.25) is 0 Å². The van der Waals surface area contributed by atoms with E-state index in [2.05, 4.69) is 4.90 Å². The first kappa shape index (κ1) is 20.1. The number of nitrogens with zero attached hydrogens (tertiary/aromatic N) is 3. The Hall–Kier alpha value is -2.84. The van der Waals surface area contributed by atoms with Gasteiger partial charge in [0.2, 0.25) is 6.79 Å². The molecule has 2 saturated heterocycles. The average molecular weight is 425 g/mol. The van der Waals surface area contributed by atoms with Crippen molar-refractivity contribution >= 4 is 5.91 Å². The Balaban J connectivity index is 1.36. The van der Waals surface area contributed by atoms with E-state index >= 15 is 0 Å². The van der Waals surface area contributed by atoms with Crippen LogP contribution in [0.4, 0.5) is 0 Å². The fraction of sp³-hybridized carbons (Fsp3) is 0.478. The van der Waals surface area contributed by atoms with E-state index in [1.165, 1.54) is 4.57 Å². The second-order valence-electron chi connectivity index (χ2n) is 8.26. The molecule has 31 heavy (non-hydrogen) atoms. The van der Waals surface area contributed by atoms with E-state index in [1.54, 1.807) is 24.4 Å². The lowest BCUT2D eigenvalue weighted by atomic mass is 10.1. The number of aromatic nitrogens is 1. The minimum Gasteiger partial charge on any atom is -0.454 e. The van der Waals surface area contributed by atoms with Gasteiger partial charge in [-0.3, -0.25) is 19.1 Å². The van der Waals surface area contributed by atoms with Crippen LogP contribution in [0.25, 0.3) is 5.69 Å². The molecule has 0 saturated carbocycles. The summed E-state index contributed by atoms with van der Waals surface area (Å²) < 4.78 is 17.7. The zero-order valence-electron chi connectivity index (χ0n) is 17.7. The molecule has 0 radical (unpaired) electrons. The van der Waals surface area contributed by atoms with Crippen LogP contribution in [0.1, 0.15) is 28.8 Å². The lowest BCUT2D eigenvalue weighted by Crippen LogP contribution is -2.53. The maximum Gasteiger partial charge on any atom is 0.268 e. The molecule has 0 spiro atoms. The fourth-order valence-corrected chi connectivity index (χ4v) is 4.62. The van der Waals surface area contributed by atoms with Crippen LogP contribution >= 0.6 is 0 Å². The number of amides is 1. The first-order valence-corrected chi connectivity index (χ1v) is 10.8.